The van der Waals surface area contributed by atoms with Gasteiger partial charge in [0.15, 0.2) is 16.6 Å². The molecule has 1 aromatic heterocycles. The summed E-state index contributed by atoms with van der Waals surface area (Å²) in [5.74, 6) is 1.16. The third-order valence-corrected chi connectivity index (χ3v) is 3.85. The van der Waals surface area contributed by atoms with Crippen LogP contribution in [0.4, 0.5) is 10.8 Å². The molecule has 1 heterocycles. The number of anilines is 2. The predicted molar refractivity (Wildman–Crippen MR) is 74.3 cm³/mol. The van der Waals surface area contributed by atoms with Crippen molar-refractivity contribution in [1.29, 1.82) is 0 Å². The van der Waals surface area contributed by atoms with Crippen LogP contribution in [-0.4, -0.2) is 29.7 Å². The maximum absolute atomic E-state index is 5.83. The zero-order chi connectivity index (χ0) is 13.1. The van der Waals surface area contributed by atoms with Crippen molar-refractivity contribution in [1.82, 2.24) is 4.37 Å². The maximum Gasteiger partial charge on any atom is 0.197 e. The van der Waals surface area contributed by atoms with Gasteiger partial charge in [-0.05, 0) is 44.6 Å². The Morgan fingerprint density at radius 3 is 2.83 bits per heavy atom. The van der Waals surface area contributed by atoms with Gasteiger partial charge in [0.2, 0.25) is 0 Å². The van der Waals surface area contributed by atoms with E-state index in [4.69, 9.17) is 15.2 Å². The molecule has 0 spiro atoms. The Labute approximate surface area is 112 Å². The van der Waals surface area contributed by atoms with E-state index in [1.54, 1.807) is 7.11 Å². The fourth-order valence-electron chi connectivity index (χ4n) is 2.21. The van der Waals surface area contributed by atoms with Crippen LogP contribution in [0.2, 0.25) is 0 Å². The van der Waals surface area contributed by atoms with E-state index < -0.39 is 0 Å². The van der Waals surface area contributed by atoms with Gasteiger partial charge in [0, 0.05) is 13.2 Å². The van der Waals surface area contributed by atoms with Crippen molar-refractivity contribution in [3.8, 4) is 5.75 Å². The molecule has 102 valence electrons. The molecule has 1 saturated carbocycles. The highest BCUT2D eigenvalue weighted by molar-refractivity contribution is 7.11. The van der Waals surface area contributed by atoms with E-state index in [9.17, 15) is 0 Å². The first kappa shape index (κ1) is 13.4. The Morgan fingerprint density at radius 1 is 1.44 bits per heavy atom. The van der Waals surface area contributed by atoms with Crippen LogP contribution in [0.15, 0.2) is 0 Å². The second-order valence-electron chi connectivity index (χ2n) is 4.90. The number of nitrogen functional groups attached to an aromatic ring is 1. The summed E-state index contributed by atoms with van der Waals surface area (Å²) in [5, 5.41) is 4.40. The minimum absolute atomic E-state index is 0.0968. The van der Waals surface area contributed by atoms with Gasteiger partial charge in [-0.1, -0.05) is 0 Å². The fraction of sp³-hybridized carbons (Fsp3) is 0.750. The monoisotopic (exact) mass is 271 g/mol. The van der Waals surface area contributed by atoms with Crippen LogP contribution in [-0.2, 0) is 4.74 Å². The SMILES string of the molecule is COC1CCC(Nc2snc(N)c2OC(C)C)C1. The van der Waals surface area contributed by atoms with Crippen molar-refractivity contribution in [3.05, 3.63) is 0 Å². The average Bonchev–Trinajstić information content (AvgIpc) is 2.90. The molecule has 2 atom stereocenters. The molecule has 18 heavy (non-hydrogen) atoms. The summed E-state index contributed by atoms with van der Waals surface area (Å²) < 4.78 is 15.2. The summed E-state index contributed by atoms with van der Waals surface area (Å²) in [7, 11) is 1.77. The Balaban J connectivity index is 2.01. The Kier molecular flexibility index (Phi) is 4.29. The lowest BCUT2D eigenvalue weighted by Crippen LogP contribution is -2.17. The molecule has 0 radical (unpaired) electrons. The third kappa shape index (κ3) is 3.05. The lowest BCUT2D eigenvalue weighted by Gasteiger charge is -2.15. The number of hydrogen-bond acceptors (Lipinski definition) is 6. The fourth-order valence-corrected chi connectivity index (χ4v) is 2.93. The highest BCUT2D eigenvalue weighted by Crippen LogP contribution is 2.38. The van der Waals surface area contributed by atoms with Crippen molar-refractivity contribution in [2.45, 2.75) is 51.4 Å². The van der Waals surface area contributed by atoms with Crippen LogP contribution >= 0.6 is 11.5 Å². The van der Waals surface area contributed by atoms with E-state index in [1.807, 2.05) is 13.8 Å². The highest BCUT2D eigenvalue weighted by atomic mass is 32.1. The largest absolute Gasteiger partial charge is 0.484 e. The predicted octanol–water partition coefficient (Wildman–Crippen LogP) is 2.49. The van der Waals surface area contributed by atoms with E-state index >= 15 is 0 Å². The first-order valence-electron chi connectivity index (χ1n) is 6.31. The standard InChI is InChI=1S/C12H21N3O2S/c1-7(2)17-10-11(13)15-18-12(10)14-8-4-5-9(6-8)16-3/h7-9,14H,4-6H2,1-3H3,(H2,13,15). The quantitative estimate of drug-likeness (QED) is 0.861. The molecule has 6 heteroatoms. The molecule has 0 aromatic carbocycles. The summed E-state index contributed by atoms with van der Waals surface area (Å²) in [6, 6.07) is 0.421. The lowest BCUT2D eigenvalue weighted by molar-refractivity contribution is 0.108. The molecule has 1 aliphatic rings. The van der Waals surface area contributed by atoms with Crippen molar-refractivity contribution < 1.29 is 9.47 Å². The molecule has 1 aliphatic carbocycles. The lowest BCUT2D eigenvalue weighted by atomic mass is 10.2. The molecular weight excluding hydrogens is 250 g/mol. The summed E-state index contributed by atoms with van der Waals surface area (Å²) in [6.45, 7) is 3.97. The zero-order valence-electron chi connectivity index (χ0n) is 11.1. The third-order valence-electron chi connectivity index (χ3n) is 3.08. The highest BCUT2D eigenvalue weighted by Gasteiger charge is 2.26. The van der Waals surface area contributed by atoms with E-state index in [0.717, 1.165) is 24.3 Å². The molecule has 5 nitrogen and oxygen atoms in total. The zero-order valence-corrected chi connectivity index (χ0v) is 11.9. The Morgan fingerprint density at radius 2 is 2.22 bits per heavy atom. The van der Waals surface area contributed by atoms with Crippen molar-refractivity contribution in [2.24, 2.45) is 0 Å². The van der Waals surface area contributed by atoms with Gasteiger partial charge in [0.05, 0.1) is 12.2 Å². The van der Waals surface area contributed by atoms with Gasteiger partial charge in [-0.25, -0.2) is 0 Å². The minimum Gasteiger partial charge on any atom is -0.484 e. The minimum atomic E-state index is 0.0968. The van der Waals surface area contributed by atoms with E-state index in [2.05, 4.69) is 9.69 Å². The van der Waals surface area contributed by atoms with Crippen LogP contribution < -0.4 is 15.8 Å². The number of nitrogens with one attached hydrogen (secondary N) is 1. The van der Waals surface area contributed by atoms with E-state index in [1.165, 1.54) is 11.5 Å². The van der Waals surface area contributed by atoms with E-state index in [0.29, 0.717) is 23.7 Å². The molecule has 3 N–H and O–H groups in total. The number of rotatable bonds is 5. The first-order chi connectivity index (χ1) is 8.60. The normalized spacial score (nSPS) is 23.6. The Hall–Kier alpha value is -1.01. The van der Waals surface area contributed by atoms with Gasteiger partial charge < -0.3 is 20.5 Å². The molecule has 0 amide bonds. The van der Waals surface area contributed by atoms with Crippen molar-refractivity contribution in [2.75, 3.05) is 18.2 Å². The molecule has 1 fully saturated rings. The smallest absolute Gasteiger partial charge is 0.197 e. The number of methoxy groups -OCH3 is 1. The van der Waals surface area contributed by atoms with Gasteiger partial charge in [-0.15, -0.1) is 0 Å². The topological polar surface area (TPSA) is 69.4 Å². The molecule has 1 aromatic rings. The van der Waals surface area contributed by atoms with Crippen LogP contribution in [0, 0.1) is 0 Å². The molecular formula is C12H21N3O2S. The van der Waals surface area contributed by atoms with Crippen molar-refractivity contribution in [3.63, 3.8) is 0 Å². The molecule has 0 aliphatic heterocycles. The second kappa shape index (κ2) is 5.75. The summed E-state index contributed by atoms with van der Waals surface area (Å²) in [4.78, 5) is 0. The summed E-state index contributed by atoms with van der Waals surface area (Å²) in [6.07, 6.45) is 3.69. The van der Waals surface area contributed by atoms with Crippen LogP contribution in [0.5, 0.6) is 5.75 Å². The van der Waals surface area contributed by atoms with Crippen LogP contribution in [0.1, 0.15) is 33.1 Å². The molecule has 2 rings (SSSR count). The number of hydrogen-bond donors (Lipinski definition) is 2. The van der Waals surface area contributed by atoms with Gasteiger partial charge in [-0.3, -0.25) is 0 Å². The van der Waals surface area contributed by atoms with Gasteiger partial charge in [0.25, 0.3) is 0 Å². The number of nitrogens with two attached hydrogens (primary N) is 1. The van der Waals surface area contributed by atoms with Crippen LogP contribution in [0.3, 0.4) is 0 Å². The summed E-state index contributed by atoms with van der Waals surface area (Å²) in [5.41, 5.74) is 5.83. The Bertz CT molecular complexity index is 395. The summed E-state index contributed by atoms with van der Waals surface area (Å²) >= 11 is 1.36. The van der Waals surface area contributed by atoms with Crippen molar-refractivity contribution >= 4 is 22.4 Å². The van der Waals surface area contributed by atoms with Gasteiger partial charge in [-0.2, -0.15) is 4.37 Å². The molecule has 2 unspecified atom stereocenters. The number of aromatic nitrogens is 1. The first-order valence-corrected chi connectivity index (χ1v) is 7.08. The second-order valence-corrected chi connectivity index (χ2v) is 5.68. The average molecular weight is 271 g/mol. The number of nitrogens with zero attached hydrogens (tertiary/aromatic N) is 1. The van der Waals surface area contributed by atoms with Crippen LogP contribution in [0.25, 0.3) is 0 Å². The van der Waals surface area contributed by atoms with E-state index in [-0.39, 0.29) is 6.10 Å². The molecule has 0 saturated heterocycles. The van der Waals surface area contributed by atoms with Gasteiger partial charge in [0.1, 0.15) is 0 Å². The number of ether oxygens (including phenoxy) is 2. The molecule has 0 bridgehead atoms. The van der Waals surface area contributed by atoms with Gasteiger partial charge >= 0.3 is 0 Å². The maximum atomic E-state index is 5.83.